The lowest BCUT2D eigenvalue weighted by atomic mass is 10.1. The van der Waals surface area contributed by atoms with Crippen LogP contribution in [0.5, 0.6) is 5.75 Å². The molecule has 6 nitrogen and oxygen atoms in total. The van der Waals surface area contributed by atoms with E-state index in [1.165, 1.54) is 30.3 Å². The molecule has 2 aromatic rings. The molecule has 138 valence electrons. The van der Waals surface area contributed by atoms with Crippen LogP contribution in [0.4, 0.5) is 9.18 Å². The lowest BCUT2D eigenvalue weighted by Gasteiger charge is -2.16. The minimum atomic E-state index is -0.904. The van der Waals surface area contributed by atoms with E-state index in [0.717, 1.165) is 0 Å². The number of halogens is 3. The number of hydrogen-bond acceptors (Lipinski definition) is 4. The van der Waals surface area contributed by atoms with Crippen LogP contribution in [0.3, 0.4) is 0 Å². The van der Waals surface area contributed by atoms with Crippen molar-refractivity contribution in [3.05, 3.63) is 69.0 Å². The molecule has 2 N–H and O–H groups in total. The lowest BCUT2D eigenvalue weighted by molar-refractivity contribution is -0.123. The summed E-state index contributed by atoms with van der Waals surface area (Å²) in [6.07, 6.45) is 1.22. The Hall–Kier alpha value is -2.90. The molecule has 1 saturated heterocycles. The van der Waals surface area contributed by atoms with Crippen molar-refractivity contribution in [1.29, 1.82) is 0 Å². The Kier molecular flexibility index (Phi) is 5.43. The van der Waals surface area contributed by atoms with E-state index in [9.17, 15) is 18.8 Å². The van der Waals surface area contributed by atoms with Crippen molar-refractivity contribution in [3.63, 3.8) is 0 Å². The fourth-order valence-corrected chi connectivity index (χ4v) is 2.90. The molecule has 27 heavy (non-hydrogen) atoms. The molecule has 0 aliphatic carbocycles. The number of hydrogen-bond donors (Lipinski definition) is 2. The Bertz CT molecular complexity index is 952. The zero-order valence-corrected chi connectivity index (χ0v) is 15.0. The van der Waals surface area contributed by atoms with Gasteiger partial charge in [-0.2, -0.15) is 0 Å². The maximum atomic E-state index is 13.0. The standard InChI is InChI=1S/C18H11Cl2FN2O4/c19-11-5-10(6-13-16(24)22-18(26)23-17(13)25)15(14(20)7-11)27-8-9-1-3-12(21)4-2-9/h1-7H,8H2,(H2,22,23,24,25,26). The van der Waals surface area contributed by atoms with Crippen LogP contribution in [-0.4, -0.2) is 17.8 Å². The molecular formula is C18H11Cl2FN2O4. The Morgan fingerprint density at radius 1 is 1.00 bits per heavy atom. The molecule has 0 aromatic heterocycles. The number of benzene rings is 2. The normalized spacial score (nSPS) is 13.9. The van der Waals surface area contributed by atoms with E-state index in [1.54, 1.807) is 12.1 Å². The van der Waals surface area contributed by atoms with Crippen LogP contribution >= 0.6 is 23.2 Å². The van der Waals surface area contributed by atoms with Gasteiger partial charge in [-0.1, -0.05) is 35.3 Å². The van der Waals surface area contributed by atoms with Crippen molar-refractivity contribution >= 4 is 47.1 Å². The highest BCUT2D eigenvalue weighted by Crippen LogP contribution is 2.34. The van der Waals surface area contributed by atoms with E-state index in [-0.39, 0.29) is 39.4 Å². The maximum absolute atomic E-state index is 13.0. The van der Waals surface area contributed by atoms with Crippen LogP contribution in [-0.2, 0) is 16.2 Å². The molecule has 0 saturated carbocycles. The van der Waals surface area contributed by atoms with Gasteiger partial charge in [0.2, 0.25) is 0 Å². The molecule has 9 heteroatoms. The number of imide groups is 2. The third-order valence-corrected chi connectivity index (χ3v) is 4.08. The number of barbiturate groups is 1. The summed E-state index contributed by atoms with van der Waals surface area (Å²) in [6.45, 7) is 0.0642. The molecule has 0 radical (unpaired) electrons. The van der Waals surface area contributed by atoms with Crippen LogP contribution < -0.4 is 15.4 Å². The first kappa shape index (κ1) is 18.9. The van der Waals surface area contributed by atoms with Gasteiger partial charge in [-0.3, -0.25) is 20.2 Å². The Balaban J connectivity index is 1.94. The summed E-state index contributed by atoms with van der Waals surface area (Å²) in [5, 5.41) is 4.36. The van der Waals surface area contributed by atoms with E-state index < -0.39 is 17.8 Å². The second-order valence-corrected chi connectivity index (χ2v) is 6.36. The summed E-state index contributed by atoms with van der Waals surface area (Å²) in [4.78, 5) is 35.0. The van der Waals surface area contributed by atoms with E-state index in [4.69, 9.17) is 27.9 Å². The molecule has 0 unspecified atom stereocenters. The highest BCUT2D eigenvalue weighted by atomic mass is 35.5. The second kappa shape index (κ2) is 7.77. The van der Waals surface area contributed by atoms with Crippen LogP contribution in [0.2, 0.25) is 10.0 Å². The molecule has 1 aliphatic rings. The first-order chi connectivity index (χ1) is 12.8. The third-order valence-electron chi connectivity index (χ3n) is 3.58. The Labute approximate surface area is 162 Å². The molecular weight excluding hydrogens is 398 g/mol. The molecule has 2 aromatic carbocycles. The highest BCUT2D eigenvalue weighted by Gasteiger charge is 2.28. The van der Waals surface area contributed by atoms with E-state index in [2.05, 4.69) is 0 Å². The molecule has 4 amide bonds. The maximum Gasteiger partial charge on any atom is 0.328 e. The SMILES string of the molecule is O=C1NC(=O)C(=Cc2cc(Cl)cc(Cl)c2OCc2ccc(F)cc2)C(=O)N1. The van der Waals surface area contributed by atoms with Crippen molar-refractivity contribution in [2.45, 2.75) is 6.61 Å². The van der Waals surface area contributed by atoms with Gasteiger partial charge in [-0.05, 0) is 35.9 Å². The number of urea groups is 1. The van der Waals surface area contributed by atoms with Crippen molar-refractivity contribution in [3.8, 4) is 5.75 Å². The summed E-state index contributed by atoms with van der Waals surface area (Å²) in [6, 6.07) is 7.67. The Morgan fingerprint density at radius 3 is 2.26 bits per heavy atom. The number of ether oxygens (including phenoxy) is 1. The molecule has 0 spiro atoms. The van der Waals surface area contributed by atoms with Gasteiger partial charge >= 0.3 is 6.03 Å². The number of nitrogens with one attached hydrogen (secondary N) is 2. The van der Waals surface area contributed by atoms with Gasteiger partial charge in [-0.25, -0.2) is 9.18 Å². The summed E-state index contributed by atoms with van der Waals surface area (Å²) >= 11 is 12.2. The van der Waals surface area contributed by atoms with Crippen molar-refractivity contribution in [2.24, 2.45) is 0 Å². The smallest absolute Gasteiger partial charge is 0.328 e. The quantitative estimate of drug-likeness (QED) is 0.599. The molecule has 1 aliphatic heterocycles. The van der Waals surface area contributed by atoms with Crippen LogP contribution in [0.15, 0.2) is 42.0 Å². The van der Waals surface area contributed by atoms with Crippen molar-refractivity contribution < 1.29 is 23.5 Å². The average Bonchev–Trinajstić information content (AvgIpc) is 2.58. The van der Waals surface area contributed by atoms with Gasteiger partial charge in [0.05, 0.1) is 5.02 Å². The zero-order chi connectivity index (χ0) is 19.6. The number of carbonyl (C=O) groups is 3. The van der Waals surface area contributed by atoms with Gasteiger partial charge < -0.3 is 4.74 Å². The highest BCUT2D eigenvalue weighted by molar-refractivity contribution is 6.36. The van der Waals surface area contributed by atoms with Gasteiger partial charge in [-0.15, -0.1) is 0 Å². The third kappa shape index (κ3) is 4.45. The summed E-state index contributed by atoms with van der Waals surface area (Å²) < 4.78 is 18.7. The molecule has 3 rings (SSSR count). The fraction of sp³-hybridized carbons (Fsp3) is 0.0556. The Morgan fingerprint density at radius 2 is 1.63 bits per heavy atom. The van der Waals surface area contributed by atoms with Crippen molar-refractivity contribution in [2.75, 3.05) is 0 Å². The number of rotatable bonds is 4. The largest absolute Gasteiger partial charge is 0.487 e. The minimum absolute atomic E-state index is 0.0642. The van der Waals surface area contributed by atoms with Crippen LogP contribution in [0, 0.1) is 5.82 Å². The zero-order valence-electron chi connectivity index (χ0n) is 13.5. The number of carbonyl (C=O) groups excluding carboxylic acids is 3. The topological polar surface area (TPSA) is 84.5 Å². The van der Waals surface area contributed by atoms with Gasteiger partial charge in [0.15, 0.2) is 0 Å². The molecule has 1 fully saturated rings. The molecule has 1 heterocycles. The van der Waals surface area contributed by atoms with Gasteiger partial charge in [0.1, 0.15) is 23.7 Å². The second-order valence-electron chi connectivity index (χ2n) is 5.52. The number of amides is 4. The van der Waals surface area contributed by atoms with E-state index >= 15 is 0 Å². The van der Waals surface area contributed by atoms with E-state index in [1.807, 2.05) is 10.6 Å². The first-order valence-corrected chi connectivity index (χ1v) is 8.34. The van der Waals surface area contributed by atoms with Gasteiger partial charge in [0, 0.05) is 10.6 Å². The van der Waals surface area contributed by atoms with Crippen molar-refractivity contribution in [1.82, 2.24) is 10.6 Å². The van der Waals surface area contributed by atoms with Gasteiger partial charge in [0.25, 0.3) is 11.8 Å². The summed E-state index contributed by atoms with van der Waals surface area (Å²) in [7, 11) is 0. The van der Waals surface area contributed by atoms with E-state index in [0.29, 0.717) is 5.56 Å². The first-order valence-electron chi connectivity index (χ1n) is 7.58. The fourth-order valence-electron chi connectivity index (χ4n) is 2.34. The predicted molar refractivity (Wildman–Crippen MR) is 96.9 cm³/mol. The lowest BCUT2D eigenvalue weighted by Crippen LogP contribution is -2.51. The minimum Gasteiger partial charge on any atom is -0.487 e. The average molecular weight is 409 g/mol. The molecule has 0 bridgehead atoms. The molecule has 0 atom stereocenters. The summed E-state index contributed by atoms with van der Waals surface area (Å²) in [5.74, 6) is -1.92. The van der Waals surface area contributed by atoms with Crippen LogP contribution in [0.25, 0.3) is 6.08 Å². The van der Waals surface area contributed by atoms with Crippen LogP contribution in [0.1, 0.15) is 11.1 Å². The predicted octanol–water partition coefficient (Wildman–Crippen LogP) is 3.46. The monoisotopic (exact) mass is 408 g/mol. The summed E-state index contributed by atoms with van der Waals surface area (Å²) in [5.41, 5.74) is 0.642.